The highest BCUT2D eigenvalue weighted by Gasteiger charge is 2.23. The lowest BCUT2D eigenvalue weighted by molar-refractivity contribution is -0.123. The zero-order valence-corrected chi connectivity index (χ0v) is 15.9. The van der Waals surface area contributed by atoms with Gasteiger partial charge in [-0.05, 0) is 16.0 Å². The van der Waals surface area contributed by atoms with Crippen LogP contribution < -0.4 is 5.32 Å². The minimum Gasteiger partial charge on any atom is -0.354 e. The first-order valence-electron chi connectivity index (χ1n) is 8.45. The lowest BCUT2D eigenvalue weighted by atomic mass is 9.93. The summed E-state index contributed by atoms with van der Waals surface area (Å²) in [6, 6.07) is 8.89. The van der Waals surface area contributed by atoms with E-state index in [0.717, 1.165) is 16.3 Å². The van der Waals surface area contributed by atoms with Crippen LogP contribution in [-0.4, -0.2) is 37.6 Å². The van der Waals surface area contributed by atoms with E-state index in [1.807, 2.05) is 30.3 Å². The molecule has 0 bridgehead atoms. The van der Waals surface area contributed by atoms with Crippen LogP contribution in [0, 0.1) is 0 Å². The number of hydrogen-bond donors (Lipinski definition) is 1. The maximum atomic E-state index is 12.8. The minimum atomic E-state index is -0.590. The smallest absolute Gasteiger partial charge is 0.249 e. The molecule has 0 aliphatic heterocycles. The first kappa shape index (κ1) is 18.2. The molecule has 26 heavy (non-hydrogen) atoms. The average Bonchev–Trinajstić information content (AvgIpc) is 3.28. The van der Waals surface area contributed by atoms with Gasteiger partial charge in [-0.3, -0.25) is 4.79 Å². The van der Waals surface area contributed by atoms with Gasteiger partial charge in [0, 0.05) is 23.8 Å². The van der Waals surface area contributed by atoms with Crippen LogP contribution in [-0.2, 0) is 16.6 Å². The number of benzene rings is 1. The number of amides is 1. The summed E-state index contributed by atoms with van der Waals surface area (Å²) in [4.78, 5) is 17.4. The highest BCUT2D eigenvalue weighted by molar-refractivity contribution is 7.09. The standard InChI is InChI=1S/C18H22N6OS/c1-18(2,3)14-11-26-15(21-14)9-10-19-17(25)16(24-12-20-22-23-24)13-7-5-4-6-8-13/h4-8,11-12,16H,9-10H2,1-3H3,(H,19,25)/t16-/m1/s1. The third-order valence-electron chi connectivity index (χ3n) is 3.95. The maximum Gasteiger partial charge on any atom is 0.249 e. The Morgan fingerprint density at radius 3 is 2.65 bits per heavy atom. The highest BCUT2D eigenvalue weighted by atomic mass is 32.1. The van der Waals surface area contributed by atoms with E-state index in [-0.39, 0.29) is 11.3 Å². The van der Waals surface area contributed by atoms with Crippen molar-refractivity contribution in [1.82, 2.24) is 30.5 Å². The second-order valence-corrected chi connectivity index (χ2v) is 7.96. The van der Waals surface area contributed by atoms with E-state index in [2.05, 4.69) is 52.0 Å². The Kier molecular flexibility index (Phi) is 5.41. The quantitative estimate of drug-likeness (QED) is 0.720. The van der Waals surface area contributed by atoms with Crippen LogP contribution in [0.1, 0.15) is 43.1 Å². The summed E-state index contributed by atoms with van der Waals surface area (Å²) in [5.41, 5.74) is 1.96. The van der Waals surface area contributed by atoms with Crippen LogP contribution in [0.25, 0.3) is 0 Å². The third kappa shape index (κ3) is 4.32. The number of aromatic nitrogens is 5. The Labute approximate surface area is 156 Å². The molecule has 136 valence electrons. The number of nitrogens with one attached hydrogen (secondary N) is 1. The van der Waals surface area contributed by atoms with Gasteiger partial charge >= 0.3 is 0 Å². The Bertz CT molecular complexity index is 838. The van der Waals surface area contributed by atoms with Gasteiger partial charge in [0.1, 0.15) is 6.33 Å². The molecule has 2 heterocycles. The molecule has 1 amide bonds. The second kappa shape index (κ2) is 7.74. The number of thiazole rings is 1. The first-order valence-corrected chi connectivity index (χ1v) is 9.33. The van der Waals surface area contributed by atoms with Crippen molar-refractivity contribution in [2.75, 3.05) is 6.54 Å². The molecule has 0 saturated carbocycles. The predicted octanol–water partition coefficient (Wildman–Crippen LogP) is 2.38. The summed E-state index contributed by atoms with van der Waals surface area (Å²) in [5, 5.41) is 17.3. The largest absolute Gasteiger partial charge is 0.354 e. The molecular weight excluding hydrogens is 348 g/mol. The van der Waals surface area contributed by atoms with Crippen molar-refractivity contribution in [2.24, 2.45) is 0 Å². The first-order chi connectivity index (χ1) is 12.4. The predicted molar refractivity (Wildman–Crippen MR) is 99.9 cm³/mol. The summed E-state index contributed by atoms with van der Waals surface area (Å²) >= 11 is 1.63. The molecule has 7 nitrogen and oxygen atoms in total. The maximum absolute atomic E-state index is 12.8. The van der Waals surface area contributed by atoms with E-state index < -0.39 is 6.04 Å². The van der Waals surface area contributed by atoms with Gasteiger partial charge in [-0.15, -0.1) is 16.4 Å². The molecule has 0 spiro atoms. The van der Waals surface area contributed by atoms with E-state index in [9.17, 15) is 4.79 Å². The zero-order valence-electron chi connectivity index (χ0n) is 15.1. The number of nitrogens with zero attached hydrogens (tertiary/aromatic N) is 5. The van der Waals surface area contributed by atoms with Crippen molar-refractivity contribution in [1.29, 1.82) is 0 Å². The third-order valence-corrected chi connectivity index (χ3v) is 4.86. The van der Waals surface area contributed by atoms with E-state index in [1.165, 1.54) is 11.0 Å². The molecule has 3 rings (SSSR count). The van der Waals surface area contributed by atoms with Crippen LogP contribution in [0.15, 0.2) is 42.0 Å². The van der Waals surface area contributed by atoms with Crippen molar-refractivity contribution < 1.29 is 4.79 Å². The van der Waals surface area contributed by atoms with Gasteiger partial charge in [-0.2, -0.15) is 0 Å². The van der Waals surface area contributed by atoms with Gasteiger partial charge in [0.2, 0.25) is 5.91 Å². The number of carbonyl (C=O) groups excluding carboxylic acids is 1. The van der Waals surface area contributed by atoms with E-state index >= 15 is 0 Å². The van der Waals surface area contributed by atoms with Gasteiger partial charge in [0.05, 0.1) is 10.7 Å². The molecule has 8 heteroatoms. The number of hydrogen-bond acceptors (Lipinski definition) is 6. The van der Waals surface area contributed by atoms with Gasteiger partial charge in [0.25, 0.3) is 0 Å². The van der Waals surface area contributed by atoms with Crippen molar-refractivity contribution >= 4 is 17.2 Å². The molecule has 0 radical (unpaired) electrons. The SMILES string of the molecule is CC(C)(C)c1csc(CCNC(=O)[C@@H](c2ccccc2)n2cnnn2)n1. The van der Waals surface area contributed by atoms with E-state index in [4.69, 9.17) is 0 Å². The summed E-state index contributed by atoms with van der Waals surface area (Å²) in [7, 11) is 0. The number of rotatable bonds is 6. The van der Waals surface area contributed by atoms with E-state index in [1.54, 1.807) is 11.3 Å². The minimum absolute atomic E-state index is 0.0382. The zero-order chi connectivity index (χ0) is 18.6. The van der Waals surface area contributed by atoms with Crippen molar-refractivity contribution in [3.05, 3.63) is 58.3 Å². The fourth-order valence-corrected chi connectivity index (χ4v) is 3.53. The molecule has 0 fully saturated rings. The molecular formula is C18H22N6OS. The normalized spacial score (nSPS) is 12.7. The van der Waals surface area contributed by atoms with E-state index in [0.29, 0.717) is 13.0 Å². The summed E-state index contributed by atoms with van der Waals surface area (Å²) in [5.74, 6) is -0.142. The van der Waals surface area contributed by atoms with Crippen LogP contribution in [0.3, 0.4) is 0 Å². The van der Waals surface area contributed by atoms with Gasteiger partial charge in [-0.25, -0.2) is 9.67 Å². The molecule has 0 unspecified atom stereocenters. The van der Waals surface area contributed by atoms with Gasteiger partial charge in [0.15, 0.2) is 6.04 Å². The molecule has 0 aliphatic rings. The van der Waals surface area contributed by atoms with Crippen LogP contribution >= 0.6 is 11.3 Å². The van der Waals surface area contributed by atoms with Crippen LogP contribution in [0.2, 0.25) is 0 Å². The molecule has 1 aromatic carbocycles. The Morgan fingerprint density at radius 1 is 1.27 bits per heavy atom. The molecule has 1 N–H and O–H groups in total. The van der Waals surface area contributed by atoms with Crippen molar-refractivity contribution in [2.45, 2.75) is 38.6 Å². The monoisotopic (exact) mass is 370 g/mol. The number of tetrazole rings is 1. The van der Waals surface area contributed by atoms with Crippen LogP contribution in [0.4, 0.5) is 0 Å². The number of carbonyl (C=O) groups is 1. The topological polar surface area (TPSA) is 85.6 Å². The fourth-order valence-electron chi connectivity index (χ4n) is 2.51. The average molecular weight is 370 g/mol. The Hall–Kier alpha value is -2.61. The summed E-state index contributed by atoms with van der Waals surface area (Å²) in [6.45, 7) is 6.94. The highest BCUT2D eigenvalue weighted by Crippen LogP contribution is 2.24. The van der Waals surface area contributed by atoms with Gasteiger partial charge in [-0.1, -0.05) is 51.1 Å². The summed E-state index contributed by atoms with van der Waals surface area (Å²) in [6.07, 6.45) is 2.15. The second-order valence-electron chi connectivity index (χ2n) is 7.02. The lowest BCUT2D eigenvalue weighted by Crippen LogP contribution is -2.34. The van der Waals surface area contributed by atoms with Crippen molar-refractivity contribution in [3.63, 3.8) is 0 Å². The molecule has 0 saturated heterocycles. The summed E-state index contributed by atoms with van der Waals surface area (Å²) < 4.78 is 1.46. The Morgan fingerprint density at radius 2 is 2.04 bits per heavy atom. The van der Waals surface area contributed by atoms with Crippen LogP contribution in [0.5, 0.6) is 0 Å². The van der Waals surface area contributed by atoms with Crippen molar-refractivity contribution in [3.8, 4) is 0 Å². The molecule has 2 aromatic heterocycles. The van der Waals surface area contributed by atoms with Gasteiger partial charge < -0.3 is 5.32 Å². The lowest BCUT2D eigenvalue weighted by Gasteiger charge is -2.16. The molecule has 3 aromatic rings. The molecule has 1 atom stereocenters. The fraction of sp³-hybridized carbons (Fsp3) is 0.389. The molecule has 0 aliphatic carbocycles. The Balaban J connectivity index is 1.65.